The summed E-state index contributed by atoms with van der Waals surface area (Å²) in [6.07, 6.45) is 6.06. The van der Waals surface area contributed by atoms with Gasteiger partial charge in [-0.2, -0.15) is 0 Å². The highest BCUT2D eigenvalue weighted by molar-refractivity contribution is 7.10. The summed E-state index contributed by atoms with van der Waals surface area (Å²) in [7, 11) is 2.00. The van der Waals surface area contributed by atoms with Gasteiger partial charge in [0.25, 0.3) is 0 Å². The number of nitrogens with one attached hydrogen (secondary N) is 1. The third kappa shape index (κ3) is 1.88. The van der Waals surface area contributed by atoms with Crippen molar-refractivity contribution in [1.82, 2.24) is 5.32 Å². The van der Waals surface area contributed by atoms with E-state index in [1.54, 1.807) is 11.3 Å². The molecule has 1 heterocycles. The Balaban J connectivity index is 2.25. The van der Waals surface area contributed by atoms with E-state index in [4.69, 9.17) is 11.6 Å². The van der Waals surface area contributed by atoms with Gasteiger partial charge in [0, 0.05) is 4.88 Å². The maximum atomic E-state index is 6.13. The van der Waals surface area contributed by atoms with Crippen LogP contribution in [-0.4, -0.2) is 7.05 Å². The second-order valence-electron chi connectivity index (χ2n) is 3.53. The molecule has 0 fully saturated rings. The molecule has 0 aromatic carbocycles. The molecule has 0 saturated heterocycles. The fourth-order valence-corrected chi connectivity index (χ4v) is 3.27. The molecule has 1 aliphatic rings. The van der Waals surface area contributed by atoms with Gasteiger partial charge in [0.15, 0.2) is 0 Å². The lowest BCUT2D eigenvalue weighted by Gasteiger charge is -2.16. The Labute approximate surface area is 93.8 Å². The van der Waals surface area contributed by atoms with Crippen LogP contribution in [0.4, 0.5) is 0 Å². The lowest BCUT2D eigenvalue weighted by atomic mass is 10.1. The zero-order chi connectivity index (χ0) is 9.97. The fraction of sp³-hybridized carbons (Fsp3) is 0.455. The number of hydrogen-bond donors (Lipinski definition) is 1. The molecule has 1 aromatic heterocycles. The number of likely N-dealkylation sites (N-methyl/N-ethyl adjacent to an activating group) is 1. The predicted molar refractivity (Wildman–Crippen MR) is 63.1 cm³/mol. The highest BCUT2D eigenvalue weighted by Crippen LogP contribution is 2.36. The van der Waals surface area contributed by atoms with E-state index in [1.165, 1.54) is 29.7 Å². The SMILES string of the molecule is CNC(C1=CCCC1)c1sccc1Cl. The Kier molecular flexibility index (Phi) is 3.26. The van der Waals surface area contributed by atoms with Gasteiger partial charge in [0.2, 0.25) is 0 Å². The highest BCUT2D eigenvalue weighted by Gasteiger charge is 2.20. The van der Waals surface area contributed by atoms with Crippen LogP contribution in [-0.2, 0) is 0 Å². The van der Waals surface area contributed by atoms with Gasteiger partial charge in [-0.25, -0.2) is 0 Å². The smallest absolute Gasteiger partial charge is 0.0643 e. The third-order valence-electron chi connectivity index (χ3n) is 2.64. The Hall–Kier alpha value is -0.310. The van der Waals surface area contributed by atoms with Gasteiger partial charge in [-0.1, -0.05) is 23.3 Å². The van der Waals surface area contributed by atoms with Crippen LogP contribution in [0.3, 0.4) is 0 Å². The summed E-state index contributed by atoms with van der Waals surface area (Å²) in [6, 6.07) is 2.31. The Morgan fingerprint density at radius 2 is 2.43 bits per heavy atom. The summed E-state index contributed by atoms with van der Waals surface area (Å²) in [6.45, 7) is 0. The van der Waals surface area contributed by atoms with Crippen molar-refractivity contribution < 1.29 is 0 Å². The summed E-state index contributed by atoms with van der Waals surface area (Å²) >= 11 is 7.87. The molecule has 76 valence electrons. The van der Waals surface area contributed by atoms with E-state index in [0.29, 0.717) is 6.04 Å². The largest absolute Gasteiger partial charge is 0.309 e. The van der Waals surface area contributed by atoms with Gasteiger partial charge in [-0.15, -0.1) is 11.3 Å². The normalized spacial score (nSPS) is 18.3. The first-order valence-corrected chi connectivity index (χ1v) is 6.17. The van der Waals surface area contributed by atoms with Crippen molar-refractivity contribution in [1.29, 1.82) is 0 Å². The summed E-state index contributed by atoms with van der Waals surface area (Å²) in [5.74, 6) is 0. The van der Waals surface area contributed by atoms with Crippen molar-refractivity contribution >= 4 is 22.9 Å². The fourth-order valence-electron chi connectivity index (χ4n) is 1.95. The molecular formula is C11H14ClNS. The zero-order valence-corrected chi connectivity index (χ0v) is 9.79. The minimum absolute atomic E-state index is 0.338. The summed E-state index contributed by atoms with van der Waals surface area (Å²) in [4.78, 5) is 1.25. The van der Waals surface area contributed by atoms with Crippen LogP contribution < -0.4 is 5.32 Å². The van der Waals surface area contributed by atoms with Gasteiger partial charge in [-0.05, 0) is 37.8 Å². The Morgan fingerprint density at radius 3 is 2.93 bits per heavy atom. The van der Waals surface area contributed by atoms with Gasteiger partial charge >= 0.3 is 0 Å². The predicted octanol–water partition coefficient (Wildman–Crippen LogP) is 3.77. The van der Waals surface area contributed by atoms with Gasteiger partial charge in [0.05, 0.1) is 11.1 Å². The van der Waals surface area contributed by atoms with Crippen LogP contribution in [0, 0.1) is 0 Å². The van der Waals surface area contributed by atoms with Crippen molar-refractivity contribution in [3.63, 3.8) is 0 Å². The van der Waals surface area contributed by atoms with Crippen LogP contribution in [0.25, 0.3) is 0 Å². The summed E-state index contributed by atoms with van der Waals surface area (Å²) in [5, 5.41) is 6.29. The quantitative estimate of drug-likeness (QED) is 0.776. The van der Waals surface area contributed by atoms with E-state index in [2.05, 4.69) is 16.8 Å². The summed E-state index contributed by atoms with van der Waals surface area (Å²) in [5.41, 5.74) is 1.50. The van der Waals surface area contributed by atoms with Crippen LogP contribution in [0.2, 0.25) is 5.02 Å². The average molecular weight is 228 g/mol. The molecular weight excluding hydrogens is 214 g/mol. The minimum Gasteiger partial charge on any atom is -0.309 e. The molecule has 0 spiro atoms. The number of rotatable bonds is 3. The first kappa shape index (κ1) is 10.2. The second-order valence-corrected chi connectivity index (χ2v) is 4.88. The van der Waals surface area contributed by atoms with Crippen LogP contribution in [0.5, 0.6) is 0 Å². The maximum absolute atomic E-state index is 6.13. The van der Waals surface area contributed by atoms with E-state index in [1.807, 2.05) is 13.1 Å². The first-order valence-electron chi connectivity index (χ1n) is 4.92. The van der Waals surface area contributed by atoms with Crippen molar-refractivity contribution in [2.75, 3.05) is 7.05 Å². The van der Waals surface area contributed by atoms with Crippen LogP contribution in [0.1, 0.15) is 30.2 Å². The molecule has 0 saturated carbocycles. The summed E-state index contributed by atoms with van der Waals surface area (Å²) < 4.78 is 0. The molecule has 1 N–H and O–H groups in total. The maximum Gasteiger partial charge on any atom is 0.0643 e. The van der Waals surface area contributed by atoms with Gasteiger partial charge in [-0.3, -0.25) is 0 Å². The van der Waals surface area contributed by atoms with Crippen molar-refractivity contribution in [2.24, 2.45) is 0 Å². The molecule has 1 aromatic rings. The molecule has 0 radical (unpaired) electrons. The molecule has 1 nitrogen and oxygen atoms in total. The van der Waals surface area contributed by atoms with Gasteiger partial charge in [0.1, 0.15) is 0 Å². The highest BCUT2D eigenvalue weighted by atomic mass is 35.5. The zero-order valence-electron chi connectivity index (χ0n) is 8.22. The van der Waals surface area contributed by atoms with E-state index in [-0.39, 0.29) is 0 Å². The lowest BCUT2D eigenvalue weighted by molar-refractivity contribution is 0.666. The van der Waals surface area contributed by atoms with E-state index >= 15 is 0 Å². The molecule has 1 unspecified atom stereocenters. The number of hydrogen-bond acceptors (Lipinski definition) is 2. The van der Waals surface area contributed by atoms with Crippen molar-refractivity contribution in [2.45, 2.75) is 25.3 Å². The molecule has 1 aliphatic carbocycles. The monoisotopic (exact) mass is 227 g/mol. The van der Waals surface area contributed by atoms with E-state index in [0.717, 1.165) is 5.02 Å². The van der Waals surface area contributed by atoms with E-state index in [9.17, 15) is 0 Å². The standard InChI is InChI=1S/C11H14ClNS/c1-13-10(8-4-2-3-5-8)11-9(12)6-7-14-11/h4,6-7,10,13H,2-3,5H2,1H3. The van der Waals surface area contributed by atoms with Crippen molar-refractivity contribution in [3.05, 3.63) is 33.0 Å². The number of halogens is 1. The van der Waals surface area contributed by atoms with Crippen molar-refractivity contribution in [3.8, 4) is 0 Å². The molecule has 0 aliphatic heterocycles. The molecule has 14 heavy (non-hydrogen) atoms. The lowest BCUT2D eigenvalue weighted by Crippen LogP contribution is -2.17. The molecule has 3 heteroatoms. The number of allylic oxidation sites excluding steroid dienone is 1. The number of thiophene rings is 1. The van der Waals surface area contributed by atoms with Crippen LogP contribution in [0.15, 0.2) is 23.1 Å². The van der Waals surface area contributed by atoms with Gasteiger partial charge < -0.3 is 5.32 Å². The molecule has 0 bridgehead atoms. The van der Waals surface area contributed by atoms with Crippen LogP contribution >= 0.6 is 22.9 Å². The third-order valence-corrected chi connectivity index (χ3v) is 4.07. The Bertz CT molecular complexity index is 343. The Morgan fingerprint density at radius 1 is 1.57 bits per heavy atom. The second kappa shape index (κ2) is 4.47. The first-order chi connectivity index (χ1) is 6.83. The average Bonchev–Trinajstić information content (AvgIpc) is 2.80. The minimum atomic E-state index is 0.338. The topological polar surface area (TPSA) is 12.0 Å². The molecule has 0 amide bonds. The van der Waals surface area contributed by atoms with E-state index < -0.39 is 0 Å². The molecule has 1 atom stereocenters. The molecule has 2 rings (SSSR count).